The standard InChI is InChI=1S/C49H37N3OS/c1-29(2)31-13-18-37(19-14-31)52-43-22-17-35-27-33(15-20-38(35)44(43)45-49(52)53-48(50-45)32-11-9-30(3)10-12-32)34-16-21-39-42(28-34)40-24-26-54-47(40)41-23-25-51(46(39)41)36-7-5-4-6-8-36/h4-29,45,49H,1-3H3. The zero-order valence-electron chi connectivity index (χ0n) is 30.3. The molecule has 0 radical (unpaired) electrons. The molecule has 2 aliphatic heterocycles. The molecule has 2 unspecified atom stereocenters. The lowest BCUT2D eigenvalue weighted by atomic mass is 9.94. The first-order valence-electron chi connectivity index (χ1n) is 18.8. The fraction of sp³-hybridized carbons (Fsp3) is 0.122. The molecule has 11 rings (SSSR count). The summed E-state index contributed by atoms with van der Waals surface area (Å²) in [4.78, 5) is 7.65. The zero-order chi connectivity index (χ0) is 36.1. The van der Waals surface area contributed by atoms with E-state index in [0.717, 1.165) is 16.9 Å². The molecule has 260 valence electrons. The van der Waals surface area contributed by atoms with Crippen LogP contribution >= 0.6 is 11.3 Å². The van der Waals surface area contributed by atoms with Crippen LogP contribution in [0.5, 0.6) is 0 Å². The van der Waals surface area contributed by atoms with E-state index in [9.17, 15) is 0 Å². The number of benzene rings is 7. The topological polar surface area (TPSA) is 29.8 Å². The first-order valence-corrected chi connectivity index (χ1v) is 19.7. The molecule has 0 N–H and O–H groups in total. The van der Waals surface area contributed by atoms with Crippen LogP contribution in [0.2, 0.25) is 0 Å². The highest BCUT2D eigenvalue weighted by atomic mass is 32.1. The molecule has 2 aliphatic rings. The minimum Gasteiger partial charge on any atom is -0.450 e. The van der Waals surface area contributed by atoms with Gasteiger partial charge in [0.2, 0.25) is 12.1 Å². The van der Waals surface area contributed by atoms with Crippen LogP contribution in [0.15, 0.2) is 156 Å². The Morgan fingerprint density at radius 1 is 0.648 bits per heavy atom. The van der Waals surface area contributed by atoms with Gasteiger partial charge in [0.1, 0.15) is 6.04 Å². The third-order valence-corrected chi connectivity index (χ3v) is 12.4. The molecule has 0 saturated carbocycles. The van der Waals surface area contributed by atoms with Crippen molar-refractivity contribution in [3.05, 3.63) is 173 Å². The van der Waals surface area contributed by atoms with E-state index in [0.29, 0.717) is 11.8 Å². The normalized spacial score (nSPS) is 16.4. The van der Waals surface area contributed by atoms with Gasteiger partial charge in [-0.05, 0) is 118 Å². The average Bonchev–Trinajstić information content (AvgIpc) is 4.01. The lowest BCUT2D eigenvalue weighted by Gasteiger charge is -2.27. The van der Waals surface area contributed by atoms with Gasteiger partial charge >= 0.3 is 0 Å². The number of hydrogen-bond acceptors (Lipinski definition) is 4. The fourth-order valence-electron chi connectivity index (χ4n) is 8.70. The molecule has 4 nitrogen and oxygen atoms in total. The molecule has 0 aliphatic carbocycles. The molecule has 2 aromatic heterocycles. The molecule has 5 heteroatoms. The van der Waals surface area contributed by atoms with Crippen molar-refractivity contribution in [3.63, 3.8) is 0 Å². The van der Waals surface area contributed by atoms with E-state index in [1.807, 2.05) is 11.3 Å². The van der Waals surface area contributed by atoms with E-state index < -0.39 is 0 Å². The molecule has 54 heavy (non-hydrogen) atoms. The predicted octanol–water partition coefficient (Wildman–Crippen LogP) is 13.2. The van der Waals surface area contributed by atoms with Gasteiger partial charge in [0.05, 0.1) is 11.2 Å². The van der Waals surface area contributed by atoms with Crippen molar-refractivity contribution >= 4 is 71.1 Å². The van der Waals surface area contributed by atoms with E-state index in [4.69, 9.17) is 9.73 Å². The highest BCUT2D eigenvalue weighted by Crippen LogP contribution is 2.52. The van der Waals surface area contributed by atoms with Gasteiger partial charge in [-0.1, -0.05) is 92.2 Å². The Bertz CT molecular complexity index is 2950. The SMILES string of the molecule is Cc1ccc(C2=NC3c4c(ccc5cc(-c6ccc7c(c6)c6ccsc6c6ccn(-c8ccccc8)c76)ccc45)N(c4ccc(C(C)C)cc4)C3O2)cc1. The third-order valence-electron chi connectivity index (χ3n) is 11.5. The summed E-state index contributed by atoms with van der Waals surface area (Å²) in [6.45, 7) is 6.59. The van der Waals surface area contributed by atoms with E-state index in [1.54, 1.807) is 0 Å². The summed E-state index contributed by atoms with van der Waals surface area (Å²) in [5, 5.41) is 9.80. The molecular weight excluding hydrogens is 679 g/mol. The summed E-state index contributed by atoms with van der Waals surface area (Å²) in [5.74, 6) is 1.17. The van der Waals surface area contributed by atoms with Crippen LogP contribution < -0.4 is 4.90 Å². The van der Waals surface area contributed by atoms with Crippen LogP contribution in [-0.2, 0) is 4.74 Å². The van der Waals surface area contributed by atoms with Crippen LogP contribution in [-0.4, -0.2) is 16.7 Å². The Hall–Kier alpha value is -6.17. The molecule has 0 fully saturated rings. The Labute approximate surface area is 318 Å². The first-order chi connectivity index (χ1) is 26.5. The summed E-state index contributed by atoms with van der Waals surface area (Å²) < 4.78 is 10.5. The number of thiophene rings is 1. The molecule has 0 spiro atoms. The fourth-order valence-corrected chi connectivity index (χ4v) is 9.64. The summed E-state index contributed by atoms with van der Waals surface area (Å²) in [6, 6.07) is 51.0. The molecule has 0 amide bonds. The molecule has 7 aromatic carbocycles. The lowest BCUT2D eigenvalue weighted by Crippen LogP contribution is -2.30. The number of rotatable bonds is 5. The number of anilines is 2. The van der Waals surface area contributed by atoms with E-state index in [1.165, 1.54) is 76.0 Å². The van der Waals surface area contributed by atoms with Crippen LogP contribution in [0, 0.1) is 6.92 Å². The van der Waals surface area contributed by atoms with E-state index >= 15 is 0 Å². The van der Waals surface area contributed by atoms with Crippen molar-refractivity contribution in [1.82, 2.24) is 4.57 Å². The number of nitrogens with zero attached hydrogens (tertiary/aromatic N) is 3. The van der Waals surface area contributed by atoms with Crippen LogP contribution in [0.3, 0.4) is 0 Å². The van der Waals surface area contributed by atoms with Gasteiger partial charge in [-0.15, -0.1) is 11.3 Å². The van der Waals surface area contributed by atoms with Crippen molar-refractivity contribution < 1.29 is 4.74 Å². The second-order valence-electron chi connectivity index (χ2n) is 15.0. The Balaban J connectivity index is 1.05. The van der Waals surface area contributed by atoms with Gasteiger partial charge < -0.3 is 14.2 Å². The minimum atomic E-state index is -0.258. The zero-order valence-corrected chi connectivity index (χ0v) is 31.1. The molecule has 0 bridgehead atoms. The highest BCUT2D eigenvalue weighted by Gasteiger charge is 2.46. The maximum atomic E-state index is 6.79. The van der Waals surface area contributed by atoms with Crippen LogP contribution in [0.4, 0.5) is 11.4 Å². The van der Waals surface area contributed by atoms with Crippen molar-refractivity contribution in [2.45, 2.75) is 39.0 Å². The smallest absolute Gasteiger partial charge is 0.218 e. The Morgan fingerprint density at radius 3 is 2.20 bits per heavy atom. The first kappa shape index (κ1) is 31.4. The summed E-state index contributed by atoms with van der Waals surface area (Å²) >= 11 is 1.82. The second-order valence-corrected chi connectivity index (χ2v) is 15.9. The molecule has 0 saturated heterocycles. The number of aliphatic imine (C=N–C) groups is 1. The number of aromatic nitrogens is 1. The minimum absolute atomic E-state index is 0.147. The number of fused-ring (bicyclic) bond motifs is 11. The molecule has 4 heterocycles. The van der Waals surface area contributed by atoms with Gasteiger partial charge in [0, 0.05) is 49.6 Å². The van der Waals surface area contributed by atoms with Gasteiger partial charge in [0.25, 0.3) is 0 Å². The van der Waals surface area contributed by atoms with Crippen molar-refractivity contribution in [1.29, 1.82) is 0 Å². The summed E-state index contributed by atoms with van der Waals surface area (Å²) in [5.41, 5.74) is 11.9. The largest absolute Gasteiger partial charge is 0.450 e. The van der Waals surface area contributed by atoms with Crippen LogP contribution in [0.25, 0.3) is 59.3 Å². The Morgan fingerprint density at radius 2 is 1.41 bits per heavy atom. The molecular formula is C49H37N3OS. The molecule has 9 aromatic rings. The second kappa shape index (κ2) is 11.9. The third kappa shape index (κ3) is 4.71. The van der Waals surface area contributed by atoms with Gasteiger partial charge in [0.15, 0.2) is 0 Å². The van der Waals surface area contributed by atoms with Crippen molar-refractivity contribution in [2.75, 3.05) is 4.90 Å². The van der Waals surface area contributed by atoms with Crippen molar-refractivity contribution in [3.8, 4) is 16.8 Å². The van der Waals surface area contributed by atoms with Gasteiger partial charge in [-0.3, -0.25) is 0 Å². The van der Waals surface area contributed by atoms with E-state index in [2.05, 4.69) is 181 Å². The lowest BCUT2D eigenvalue weighted by molar-refractivity contribution is 0.210. The quantitative estimate of drug-likeness (QED) is 0.178. The maximum absolute atomic E-state index is 6.79. The van der Waals surface area contributed by atoms with Crippen molar-refractivity contribution in [2.24, 2.45) is 4.99 Å². The summed E-state index contributed by atoms with van der Waals surface area (Å²) in [7, 11) is 0. The highest BCUT2D eigenvalue weighted by molar-refractivity contribution is 7.18. The molecule has 2 atom stereocenters. The number of aryl methyl sites for hydroxylation is 1. The maximum Gasteiger partial charge on any atom is 0.218 e. The average molecular weight is 716 g/mol. The number of hydrogen-bond donors (Lipinski definition) is 0. The predicted molar refractivity (Wildman–Crippen MR) is 227 cm³/mol. The number of para-hydroxylation sites is 1. The van der Waals surface area contributed by atoms with Gasteiger partial charge in [-0.25, -0.2) is 4.99 Å². The van der Waals surface area contributed by atoms with Crippen LogP contribution in [0.1, 0.15) is 48.1 Å². The number of ether oxygens (including phenoxy) is 1. The Kier molecular flexibility index (Phi) is 6.92. The monoisotopic (exact) mass is 715 g/mol. The summed E-state index contributed by atoms with van der Waals surface area (Å²) in [6.07, 6.45) is 1.95. The van der Waals surface area contributed by atoms with Gasteiger partial charge in [-0.2, -0.15) is 0 Å². The van der Waals surface area contributed by atoms with E-state index in [-0.39, 0.29) is 12.3 Å².